The van der Waals surface area contributed by atoms with Crippen molar-refractivity contribution >= 4 is 0 Å². The molecule has 1 saturated heterocycles. The van der Waals surface area contributed by atoms with E-state index in [2.05, 4.69) is 0 Å². The first kappa shape index (κ1) is 11.8. The van der Waals surface area contributed by atoms with Crippen molar-refractivity contribution in [3.63, 3.8) is 0 Å². The van der Waals surface area contributed by atoms with Gasteiger partial charge >= 0.3 is 0 Å². The van der Waals surface area contributed by atoms with Crippen LogP contribution in [0.5, 0.6) is 0 Å². The largest absolute Gasteiger partial charge is 0.395 e. The summed E-state index contributed by atoms with van der Waals surface area (Å²) < 4.78 is 4.74. The SMILES string of the molecule is N[C@H](CO)[C@@H]1O[C@@H](O)[C@@H](O)[C@@H](O)[C@H]1O. The molecule has 7 N–H and O–H groups in total. The van der Waals surface area contributed by atoms with Crippen LogP contribution in [0.15, 0.2) is 0 Å². The molecule has 1 aliphatic heterocycles. The zero-order valence-electron chi connectivity index (χ0n) is 7.39. The Morgan fingerprint density at radius 2 is 1.64 bits per heavy atom. The number of aliphatic hydroxyl groups is 5. The molecule has 0 radical (unpaired) electrons. The summed E-state index contributed by atoms with van der Waals surface area (Å²) in [5.74, 6) is 0. The van der Waals surface area contributed by atoms with Crippen molar-refractivity contribution in [1.82, 2.24) is 0 Å². The average molecular weight is 209 g/mol. The molecular formula is C7H15NO6. The molecule has 7 heteroatoms. The minimum absolute atomic E-state index is 0.461. The molecule has 1 aliphatic rings. The lowest BCUT2D eigenvalue weighted by Gasteiger charge is -2.40. The normalized spacial score (nSPS) is 46.3. The molecule has 1 rings (SSSR count). The van der Waals surface area contributed by atoms with Crippen LogP contribution in [-0.2, 0) is 4.74 Å². The van der Waals surface area contributed by atoms with E-state index < -0.39 is 43.4 Å². The molecule has 14 heavy (non-hydrogen) atoms. The number of aliphatic hydroxyl groups excluding tert-OH is 5. The van der Waals surface area contributed by atoms with Gasteiger partial charge in [-0.25, -0.2) is 0 Å². The van der Waals surface area contributed by atoms with Gasteiger partial charge in [0.15, 0.2) is 6.29 Å². The highest BCUT2D eigenvalue weighted by atomic mass is 16.6. The number of ether oxygens (including phenoxy) is 1. The quantitative estimate of drug-likeness (QED) is 0.273. The number of rotatable bonds is 2. The van der Waals surface area contributed by atoms with Crippen LogP contribution in [0, 0.1) is 0 Å². The molecule has 0 unspecified atom stereocenters. The van der Waals surface area contributed by atoms with Gasteiger partial charge in [-0.2, -0.15) is 0 Å². The molecule has 6 atom stereocenters. The lowest BCUT2D eigenvalue weighted by atomic mass is 9.95. The van der Waals surface area contributed by atoms with Crippen LogP contribution in [-0.4, -0.2) is 68.9 Å². The van der Waals surface area contributed by atoms with Gasteiger partial charge in [0.05, 0.1) is 12.6 Å². The van der Waals surface area contributed by atoms with E-state index in [-0.39, 0.29) is 0 Å². The molecule has 7 nitrogen and oxygen atoms in total. The van der Waals surface area contributed by atoms with Crippen molar-refractivity contribution in [2.24, 2.45) is 5.73 Å². The monoisotopic (exact) mass is 209 g/mol. The van der Waals surface area contributed by atoms with Crippen LogP contribution >= 0.6 is 0 Å². The predicted octanol–water partition coefficient (Wildman–Crippen LogP) is -3.89. The Balaban J connectivity index is 2.70. The van der Waals surface area contributed by atoms with Crippen molar-refractivity contribution in [2.75, 3.05) is 6.61 Å². The van der Waals surface area contributed by atoms with E-state index in [1.807, 2.05) is 0 Å². The molecule has 0 aromatic rings. The van der Waals surface area contributed by atoms with Gasteiger partial charge in [0.2, 0.25) is 0 Å². The predicted molar refractivity (Wildman–Crippen MR) is 44.0 cm³/mol. The van der Waals surface area contributed by atoms with Crippen molar-refractivity contribution in [3.8, 4) is 0 Å². The van der Waals surface area contributed by atoms with Crippen LogP contribution < -0.4 is 5.73 Å². The topological polar surface area (TPSA) is 136 Å². The van der Waals surface area contributed by atoms with Crippen LogP contribution in [0.1, 0.15) is 0 Å². The summed E-state index contributed by atoms with van der Waals surface area (Å²) in [6.07, 6.45) is -7.27. The summed E-state index contributed by atoms with van der Waals surface area (Å²) in [5, 5.41) is 45.5. The minimum Gasteiger partial charge on any atom is -0.395 e. The Hall–Kier alpha value is -0.280. The summed E-state index contributed by atoms with van der Waals surface area (Å²) in [5.41, 5.74) is 5.37. The molecule has 0 spiro atoms. The summed E-state index contributed by atoms with van der Waals surface area (Å²) in [6.45, 7) is -0.461. The summed E-state index contributed by atoms with van der Waals surface area (Å²) in [6, 6.07) is -0.929. The highest BCUT2D eigenvalue weighted by Crippen LogP contribution is 2.21. The minimum atomic E-state index is -1.61. The van der Waals surface area contributed by atoms with Gasteiger partial charge in [-0.3, -0.25) is 0 Å². The summed E-state index contributed by atoms with van der Waals surface area (Å²) in [7, 11) is 0. The Morgan fingerprint density at radius 3 is 2.14 bits per heavy atom. The van der Waals surface area contributed by atoms with Gasteiger partial charge in [0, 0.05) is 0 Å². The zero-order valence-corrected chi connectivity index (χ0v) is 7.39. The van der Waals surface area contributed by atoms with Gasteiger partial charge < -0.3 is 36.0 Å². The van der Waals surface area contributed by atoms with Gasteiger partial charge in [0.25, 0.3) is 0 Å². The molecule has 0 saturated carbocycles. The number of nitrogens with two attached hydrogens (primary N) is 1. The molecule has 0 bridgehead atoms. The van der Waals surface area contributed by atoms with Gasteiger partial charge in [-0.05, 0) is 0 Å². The lowest BCUT2D eigenvalue weighted by molar-refractivity contribution is -0.286. The van der Waals surface area contributed by atoms with E-state index in [1.165, 1.54) is 0 Å². The molecule has 1 fully saturated rings. The molecule has 0 aromatic carbocycles. The molecule has 0 aliphatic carbocycles. The second-order valence-electron chi connectivity index (χ2n) is 3.31. The summed E-state index contributed by atoms with van der Waals surface area (Å²) >= 11 is 0. The first-order valence-corrected chi connectivity index (χ1v) is 4.23. The van der Waals surface area contributed by atoms with Crippen LogP contribution in [0.3, 0.4) is 0 Å². The Bertz CT molecular complexity index is 191. The first-order chi connectivity index (χ1) is 6.49. The Kier molecular flexibility index (Phi) is 3.78. The Labute approximate surface area is 80.3 Å². The number of hydrogen-bond acceptors (Lipinski definition) is 7. The van der Waals surface area contributed by atoms with Crippen LogP contribution in [0.4, 0.5) is 0 Å². The van der Waals surface area contributed by atoms with Crippen molar-refractivity contribution in [1.29, 1.82) is 0 Å². The van der Waals surface area contributed by atoms with Crippen LogP contribution in [0.25, 0.3) is 0 Å². The molecular weight excluding hydrogens is 194 g/mol. The highest BCUT2D eigenvalue weighted by molar-refractivity contribution is 4.92. The van der Waals surface area contributed by atoms with E-state index in [0.29, 0.717) is 0 Å². The second kappa shape index (κ2) is 4.49. The molecule has 84 valence electrons. The van der Waals surface area contributed by atoms with E-state index in [4.69, 9.17) is 25.8 Å². The van der Waals surface area contributed by atoms with Gasteiger partial charge in [0.1, 0.15) is 24.4 Å². The van der Waals surface area contributed by atoms with E-state index in [0.717, 1.165) is 0 Å². The van der Waals surface area contributed by atoms with Crippen molar-refractivity contribution in [2.45, 2.75) is 36.7 Å². The third-order valence-corrected chi connectivity index (χ3v) is 2.26. The van der Waals surface area contributed by atoms with Gasteiger partial charge in [-0.1, -0.05) is 0 Å². The van der Waals surface area contributed by atoms with Crippen molar-refractivity contribution in [3.05, 3.63) is 0 Å². The first-order valence-electron chi connectivity index (χ1n) is 4.23. The standard InChI is InChI=1S/C7H15NO6/c8-2(1-9)6-4(11)3(10)5(12)7(13)14-6/h2-7,9-13H,1,8H2/t2-,3+,4-,5+,6+,7-/m1/s1. The van der Waals surface area contributed by atoms with E-state index in [9.17, 15) is 10.2 Å². The maximum atomic E-state index is 9.39. The highest BCUT2D eigenvalue weighted by Gasteiger charge is 2.44. The van der Waals surface area contributed by atoms with E-state index >= 15 is 0 Å². The third kappa shape index (κ3) is 2.04. The fourth-order valence-corrected chi connectivity index (χ4v) is 1.35. The van der Waals surface area contributed by atoms with Gasteiger partial charge in [-0.15, -0.1) is 0 Å². The smallest absolute Gasteiger partial charge is 0.184 e. The maximum Gasteiger partial charge on any atom is 0.184 e. The Morgan fingerprint density at radius 1 is 1.07 bits per heavy atom. The number of hydrogen-bond donors (Lipinski definition) is 6. The molecule has 0 amide bonds. The fraction of sp³-hybridized carbons (Fsp3) is 1.00. The summed E-state index contributed by atoms with van der Waals surface area (Å²) in [4.78, 5) is 0. The van der Waals surface area contributed by atoms with E-state index in [1.54, 1.807) is 0 Å². The third-order valence-electron chi connectivity index (χ3n) is 2.26. The van der Waals surface area contributed by atoms with Crippen LogP contribution in [0.2, 0.25) is 0 Å². The lowest BCUT2D eigenvalue weighted by Crippen LogP contribution is -2.62. The molecule has 1 heterocycles. The zero-order chi connectivity index (χ0) is 10.9. The van der Waals surface area contributed by atoms with Crippen molar-refractivity contribution < 1.29 is 30.3 Å². The second-order valence-corrected chi connectivity index (χ2v) is 3.31. The maximum absolute atomic E-state index is 9.39. The average Bonchev–Trinajstić information content (AvgIpc) is 2.19. The fourth-order valence-electron chi connectivity index (χ4n) is 1.35. The molecule has 0 aromatic heterocycles.